The van der Waals surface area contributed by atoms with Crippen molar-refractivity contribution in [3.05, 3.63) is 112 Å². The fourth-order valence-corrected chi connectivity index (χ4v) is 5.03. The van der Waals surface area contributed by atoms with Gasteiger partial charge in [0.1, 0.15) is 11.5 Å². The number of halogens is 1. The Kier molecular flexibility index (Phi) is 6.99. The molecular formula is C29H20ClNO5S. The van der Waals surface area contributed by atoms with Crippen LogP contribution in [0.4, 0.5) is 4.79 Å². The molecule has 0 aromatic heterocycles. The van der Waals surface area contributed by atoms with Gasteiger partial charge in [0.15, 0.2) is 0 Å². The van der Waals surface area contributed by atoms with Crippen LogP contribution in [-0.4, -0.2) is 29.1 Å². The van der Waals surface area contributed by atoms with Gasteiger partial charge in [-0.1, -0.05) is 60.1 Å². The van der Waals surface area contributed by atoms with Gasteiger partial charge in [-0.2, -0.15) is 0 Å². The zero-order chi connectivity index (χ0) is 25.9. The number of methoxy groups -OCH3 is 1. The molecule has 0 saturated carbocycles. The summed E-state index contributed by atoms with van der Waals surface area (Å²) >= 11 is 7.24. The van der Waals surface area contributed by atoms with E-state index in [0.717, 1.165) is 28.1 Å². The van der Waals surface area contributed by atoms with E-state index in [1.807, 2.05) is 42.5 Å². The summed E-state index contributed by atoms with van der Waals surface area (Å²) in [5.41, 5.74) is 1.85. The second-order valence-corrected chi connectivity index (χ2v) is 9.61. The van der Waals surface area contributed by atoms with E-state index < -0.39 is 5.97 Å². The molecule has 1 aliphatic heterocycles. The molecule has 0 spiro atoms. The first kappa shape index (κ1) is 24.6. The van der Waals surface area contributed by atoms with Crippen molar-refractivity contribution in [3.8, 4) is 11.5 Å². The molecule has 0 unspecified atom stereocenters. The monoisotopic (exact) mass is 529 g/mol. The molecule has 37 heavy (non-hydrogen) atoms. The van der Waals surface area contributed by atoms with Gasteiger partial charge in [0.05, 0.1) is 29.1 Å². The van der Waals surface area contributed by atoms with Crippen molar-refractivity contribution in [2.24, 2.45) is 0 Å². The van der Waals surface area contributed by atoms with E-state index in [1.54, 1.807) is 55.7 Å². The number of nitrogens with zero attached hydrogens (tertiary/aromatic N) is 1. The second kappa shape index (κ2) is 10.5. The SMILES string of the molecule is COc1ccc(C(=O)Oc2ccc(/C=C3\SC(=O)N(Cc4cccc5ccccc45)C3=O)cc2Cl)cc1. The highest BCUT2D eigenvalue weighted by Gasteiger charge is 2.35. The molecule has 0 atom stereocenters. The minimum Gasteiger partial charge on any atom is -0.497 e. The number of carbonyl (C=O) groups is 3. The predicted molar refractivity (Wildman–Crippen MR) is 145 cm³/mol. The third-order valence-electron chi connectivity index (χ3n) is 5.86. The normalized spacial score (nSPS) is 14.4. The number of thioether (sulfide) groups is 1. The van der Waals surface area contributed by atoms with Gasteiger partial charge in [-0.3, -0.25) is 14.5 Å². The Morgan fingerprint density at radius 2 is 1.73 bits per heavy atom. The van der Waals surface area contributed by atoms with Gasteiger partial charge < -0.3 is 9.47 Å². The average Bonchev–Trinajstić information content (AvgIpc) is 3.17. The number of benzene rings is 4. The van der Waals surface area contributed by atoms with Crippen molar-refractivity contribution in [2.45, 2.75) is 6.54 Å². The molecule has 2 amide bonds. The molecule has 0 N–H and O–H groups in total. The number of rotatable bonds is 6. The van der Waals surface area contributed by atoms with E-state index in [4.69, 9.17) is 21.1 Å². The summed E-state index contributed by atoms with van der Waals surface area (Å²) in [4.78, 5) is 39.7. The summed E-state index contributed by atoms with van der Waals surface area (Å²) in [6.07, 6.45) is 1.61. The van der Waals surface area contributed by atoms with E-state index >= 15 is 0 Å². The second-order valence-electron chi connectivity index (χ2n) is 8.21. The lowest BCUT2D eigenvalue weighted by molar-refractivity contribution is -0.123. The van der Waals surface area contributed by atoms with Crippen molar-refractivity contribution < 1.29 is 23.9 Å². The van der Waals surface area contributed by atoms with Crippen LogP contribution in [0.15, 0.2) is 89.8 Å². The Morgan fingerprint density at radius 3 is 2.49 bits per heavy atom. The lowest BCUT2D eigenvalue weighted by Gasteiger charge is -2.14. The molecular weight excluding hydrogens is 510 g/mol. The van der Waals surface area contributed by atoms with Gasteiger partial charge in [-0.25, -0.2) is 4.79 Å². The molecule has 0 bridgehead atoms. The molecule has 4 aromatic rings. The van der Waals surface area contributed by atoms with Crippen molar-refractivity contribution in [1.82, 2.24) is 4.90 Å². The maximum atomic E-state index is 13.1. The van der Waals surface area contributed by atoms with Crippen molar-refractivity contribution >= 4 is 57.3 Å². The molecule has 0 aliphatic carbocycles. The smallest absolute Gasteiger partial charge is 0.343 e. The summed E-state index contributed by atoms with van der Waals surface area (Å²) < 4.78 is 10.5. The summed E-state index contributed by atoms with van der Waals surface area (Å²) in [5.74, 6) is -0.120. The molecule has 6 nitrogen and oxygen atoms in total. The van der Waals surface area contributed by atoms with Crippen LogP contribution in [0.2, 0.25) is 5.02 Å². The zero-order valence-corrected chi connectivity index (χ0v) is 21.2. The fourth-order valence-electron chi connectivity index (χ4n) is 3.96. The van der Waals surface area contributed by atoms with Crippen LogP contribution in [0.5, 0.6) is 11.5 Å². The number of imide groups is 1. The zero-order valence-electron chi connectivity index (χ0n) is 19.6. The third kappa shape index (κ3) is 5.23. The Balaban J connectivity index is 1.31. The van der Waals surface area contributed by atoms with Crippen LogP contribution in [-0.2, 0) is 11.3 Å². The van der Waals surface area contributed by atoms with Crippen LogP contribution in [0, 0.1) is 0 Å². The molecule has 8 heteroatoms. The van der Waals surface area contributed by atoms with Crippen molar-refractivity contribution in [1.29, 1.82) is 0 Å². The van der Waals surface area contributed by atoms with Gasteiger partial charge in [-0.05, 0) is 76.1 Å². The van der Waals surface area contributed by atoms with E-state index in [9.17, 15) is 14.4 Å². The minimum absolute atomic E-state index is 0.184. The molecule has 1 fully saturated rings. The highest BCUT2D eigenvalue weighted by atomic mass is 35.5. The Morgan fingerprint density at radius 1 is 0.973 bits per heavy atom. The first-order valence-corrected chi connectivity index (χ1v) is 12.5. The van der Waals surface area contributed by atoms with Gasteiger partial charge in [0.2, 0.25) is 0 Å². The number of amides is 2. The Labute approximate surface area is 222 Å². The van der Waals surface area contributed by atoms with E-state index in [1.165, 1.54) is 4.90 Å². The lowest BCUT2D eigenvalue weighted by atomic mass is 10.0. The third-order valence-corrected chi connectivity index (χ3v) is 7.07. The Bertz CT molecular complexity index is 1560. The lowest BCUT2D eigenvalue weighted by Crippen LogP contribution is -2.27. The van der Waals surface area contributed by atoms with Crippen LogP contribution < -0.4 is 9.47 Å². The van der Waals surface area contributed by atoms with Crippen LogP contribution in [0.1, 0.15) is 21.5 Å². The molecule has 4 aromatic carbocycles. The largest absolute Gasteiger partial charge is 0.497 e. The number of ether oxygens (including phenoxy) is 2. The van der Waals surface area contributed by atoms with E-state index in [2.05, 4.69) is 0 Å². The minimum atomic E-state index is -0.563. The summed E-state index contributed by atoms with van der Waals surface area (Å²) in [7, 11) is 1.54. The number of hydrogen-bond donors (Lipinski definition) is 0. The Hall–Kier alpha value is -4.07. The highest BCUT2D eigenvalue weighted by Crippen LogP contribution is 2.35. The summed E-state index contributed by atoms with van der Waals surface area (Å²) in [6, 6.07) is 25.0. The number of esters is 1. The molecule has 1 saturated heterocycles. The van der Waals surface area contributed by atoms with E-state index in [-0.39, 0.29) is 28.5 Å². The maximum Gasteiger partial charge on any atom is 0.343 e. The molecule has 184 valence electrons. The summed E-state index contributed by atoms with van der Waals surface area (Å²) in [5, 5.41) is 1.91. The molecule has 0 radical (unpaired) electrons. The molecule has 5 rings (SSSR count). The van der Waals surface area contributed by atoms with E-state index in [0.29, 0.717) is 21.8 Å². The fraction of sp³-hybridized carbons (Fsp3) is 0.0690. The van der Waals surface area contributed by atoms with Gasteiger partial charge in [0, 0.05) is 0 Å². The number of carbonyl (C=O) groups excluding carboxylic acids is 3. The first-order chi connectivity index (χ1) is 17.9. The van der Waals surface area contributed by atoms with Crippen LogP contribution >= 0.6 is 23.4 Å². The van der Waals surface area contributed by atoms with Crippen LogP contribution in [0.25, 0.3) is 16.8 Å². The van der Waals surface area contributed by atoms with Crippen LogP contribution in [0.3, 0.4) is 0 Å². The highest BCUT2D eigenvalue weighted by molar-refractivity contribution is 8.18. The number of fused-ring (bicyclic) bond motifs is 1. The van der Waals surface area contributed by atoms with Gasteiger partial charge in [-0.15, -0.1) is 0 Å². The van der Waals surface area contributed by atoms with Crippen molar-refractivity contribution in [2.75, 3.05) is 7.11 Å². The topological polar surface area (TPSA) is 72.9 Å². The number of hydrogen-bond acceptors (Lipinski definition) is 6. The maximum absolute atomic E-state index is 13.1. The average molecular weight is 530 g/mol. The van der Waals surface area contributed by atoms with Crippen molar-refractivity contribution in [3.63, 3.8) is 0 Å². The quantitative estimate of drug-likeness (QED) is 0.153. The standard InChI is InChI=1S/C29H20ClNO5S/c1-35-22-12-10-20(11-13-22)28(33)36-25-14-9-18(15-24(25)30)16-26-27(32)31(29(34)37-26)17-21-7-4-6-19-5-2-3-8-23(19)21/h2-16H,17H2,1H3/b26-16-. The molecule has 1 heterocycles. The summed E-state index contributed by atoms with van der Waals surface area (Å²) in [6.45, 7) is 0.185. The molecule has 1 aliphatic rings. The predicted octanol–water partition coefficient (Wildman–Crippen LogP) is 6.96. The van der Waals surface area contributed by atoms with Gasteiger partial charge in [0.25, 0.3) is 11.1 Å². The first-order valence-electron chi connectivity index (χ1n) is 11.3. The van der Waals surface area contributed by atoms with Gasteiger partial charge >= 0.3 is 5.97 Å².